The number of halogens is 1. The largest absolute Gasteiger partial charge is 0.432 e. The van der Waals surface area contributed by atoms with Gasteiger partial charge in [0, 0.05) is 11.9 Å². The maximum atomic E-state index is 5.66. The van der Waals surface area contributed by atoms with Crippen molar-refractivity contribution in [2.24, 2.45) is 0 Å². The number of hydrogen-bond acceptors (Lipinski definition) is 5. The van der Waals surface area contributed by atoms with E-state index in [0.29, 0.717) is 11.9 Å². The van der Waals surface area contributed by atoms with Crippen LogP contribution in [-0.2, 0) is 12.4 Å². The van der Waals surface area contributed by atoms with Crippen LogP contribution in [0.1, 0.15) is 16.3 Å². The third kappa shape index (κ3) is 2.36. The maximum absolute atomic E-state index is 5.66. The van der Waals surface area contributed by atoms with Gasteiger partial charge < -0.3 is 9.32 Å². The van der Waals surface area contributed by atoms with Gasteiger partial charge in [0.1, 0.15) is 6.26 Å². The van der Waals surface area contributed by atoms with Gasteiger partial charge in [0.25, 0.3) is 6.01 Å². The second-order valence-corrected chi connectivity index (χ2v) is 4.68. The first kappa shape index (κ1) is 11.4. The second kappa shape index (κ2) is 4.84. The quantitative estimate of drug-likeness (QED) is 0.790. The number of rotatable bonds is 4. The van der Waals surface area contributed by atoms with Gasteiger partial charge in [-0.2, -0.15) is 4.98 Å². The van der Waals surface area contributed by atoms with E-state index in [4.69, 9.17) is 16.0 Å². The molecule has 16 heavy (non-hydrogen) atoms. The molecule has 2 rings (SSSR count). The summed E-state index contributed by atoms with van der Waals surface area (Å²) in [6.45, 7) is 2.75. The highest BCUT2D eigenvalue weighted by atomic mass is 35.5. The van der Waals surface area contributed by atoms with E-state index in [2.05, 4.69) is 9.97 Å². The Morgan fingerprint density at radius 2 is 2.38 bits per heavy atom. The monoisotopic (exact) mass is 257 g/mol. The number of aromatic nitrogens is 2. The van der Waals surface area contributed by atoms with Gasteiger partial charge in [-0.15, -0.1) is 22.9 Å². The highest BCUT2D eigenvalue weighted by Gasteiger charge is 2.11. The molecule has 4 nitrogen and oxygen atoms in total. The smallest absolute Gasteiger partial charge is 0.297 e. The molecular weight excluding hydrogens is 246 g/mol. The SMILES string of the molecule is Cc1ncsc1CN(C)c1nc(CCl)co1. The minimum atomic E-state index is 0.372. The van der Waals surface area contributed by atoms with Crippen molar-refractivity contribution in [1.29, 1.82) is 0 Å². The summed E-state index contributed by atoms with van der Waals surface area (Å²) in [4.78, 5) is 11.6. The zero-order valence-electron chi connectivity index (χ0n) is 9.11. The van der Waals surface area contributed by atoms with Gasteiger partial charge in [-0.1, -0.05) is 0 Å². The lowest BCUT2D eigenvalue weighted by Crippen LogP contribution is -2.16. The number of thiazole rings is 1. The molecule has 6 heteroatoms. The highest BCUT2D eigenvalue weighted by molar-refractivity contribution is 7.09. The van der Waals surface area contributed by atoms with E-state index < -0.39 is 0 Å². The first-order valence-corrected chi connectivity index (χ1v) is 6.22. The summed E-state index contributed by atoms with van der Waals surface area (Å²) in [6, 6.07) is 0.587. The molecule has 2 heterocycles. The van der Waals surface area contributed by atoms with Crippen molar-refractivity contribution in [1.82, 2.24) is 9.97 Å². The lowest BCUT2D eigenvalue weighted by molar-refractivity contribution is 0.544. The van der Waals surface area contributed by atoms with Crippen molar-refractivity contribution < 1.29 is 4.42 Å². The number of aryl methyl sites for hydroxylation is 1. The van der Waals surface area contributed by atoms with Crippen LogP contribution in [0.5, 0.6) is 0 Å². The molecule has 0 fully saturated rings. The first-order chi connectivity index (χ1) is 7.70. The molecule has 0 aromatic carbocycles. The molecular formula is C10H12ClN3OS. The van der Waals surface area contributed by atoms with Gasteiger partial charge in [0.15, 0.2) is 0 Å². The molecule has 2 aromatic heterocycles. The first-order valence-electron chi connectivity index (χ1n) is 4.81. The molecule has 0 saturated heterocycles. The molecule has 0 atom stereocenters. The average Bonchev–Trinajstić information content (AvgIpc) is 2.88. The van der Waals surface area contributed by atoms with Crippen molar-refractivity contribution in [2.75, 3.05) is 11.9 Å². The fourth-order valence-corrected chi connectivity index (χ4v) is 2.25. The predicted octanol–water partition coefficient (Wildman–Crippen LogP) is 2.81. The van der Waals surface area contributed by atoms with Crippen LogP contribution in [0.15, 0.2) is 16.2 Å². The van der Waals surface area contributed by atoms with Crippen LogP contribution in [-0.4, -0.2) is 17.0 Å². The Hall–Kier alpha value is -1.07. The molecule has 0 bridgehead atoms. The van der Waals surface area contributed by atoms with Gasteiger partial charge in [-0.05, 0) is 6.92 Å². The van der Waals surface area contributed by atoms with Crippen molar-refractivity contribution in [3.05, 3.63) is 28.0 Å². The average molecular weight is 258 g/mol. The zero-order valence-corrected chi connectivity index (χ0v) is 10.7. The van der Waals surface area contributed by atoms with Gasteiger partial charge in [0.2, 0.25) is 0 Å². The topological polar surface area (TPSA) is 42.2 Å². The normalized spacial score (nSPS) is 10.7. The molecule has 0 amide bonds. The van der Waals surface area contributed by atoms with Crippen LogP contribution in [0, 0.1) is 6.92 Å². The van der Waals surface area contributed by atoms with E-state index in [1.165, 1.54) is 4.88 Å². The van der Waals surface area contributed by atoms with Crippen molar-refractivity contribution in [2.45, 2.75) is 19.3 Å². The molecule has 0 saturated carbocycles. The standard InChI is InChI=1S/C10H12ClN3OS/c1-7-9(16-6-12-7)4-14(2)10-13-8(3-11)5-15-10/h5-6H,3-4H2,1-2H3. The minimum Gasteiger partial charge on any atom is -0.432 e. The van der Waals surface area contributed by atoms with Gasteiger partial charge in [-0.3, -0.25) is 0 Å². The molecule has 0 aliphatic heterocycles. The molecule has 0 spiro atoms. The van der Waals surface area contributed by atoms with Crippen molar-refractivity contribution >= 4 is 29.0 Å². The summed E-state index contributed by atoms with van der Waals surface area (Å²) >= 11 is 7.30. The third-order valence-electron chi connectivity index (χ3n) is 2.23. The minimum absolute atomic E-state index is 0.372. The van der Waals surface area contributed by atoms with Crippen LogP contribution in [0.2, 0.25) is 0 Å². The lowest BCUT2D eigenvalue weighted by atomic mass is 10.4. The van der Waals surface area contributed by atoms with Crippen molar-refractivity contribution in [3.8, 4) is 0 Å². The number of hydrogen-bond donors (Lipinski definition) is 0. The molecule has 0 aliphatic carbocycles. The Bertz CT molecular complexity index is 468. The Morgan fingerprint density at radius 3 is 2.94 bits per heavy atom. The van der Waals surface area contributed by atoms with E-state index in [0.717, 1.165) is 17.9 Å². The molecule has 0 radical (unpaired) electrons. The second-order valence-electron chi connectivity index (χ2n) is 3.47. The van der Waals surface area contributed by atoms with Gasteiger partial charge >= 0.3 is 0 Å². The number of oxazole rings is 1. The Balaban J connectivity index is 2.08. The Kier molecular flexibility index (Phi) is 3.46. The Labute approximate surface area is 103 Å². The van der Waals surface area contributed by atoms with E-state index in [1.54, 1.807) is 17.6 Å². The van der Waals surface area contributed by atoms with Crippen LogP contribution < -0.4 is 4.90 Å². The molecule has 2 aromatic rings. The molecule has 0 unspecified atom stereocenters. The molecule has 0 aliphatic rings. The Morgan fingerprint density at radius 1 is 1.56 bits per heavy atom. The van der Waals surface area contributed by atoms with Crippen molar-refractivity contribution in [3.63, 3.8) is 0 Å². The van der Waals surface area contributed by atoms with E-state index >= 15 is 0 Å². The van der Waals surface area contributed by atoms with E-state index in [-0.39, 0.29) is 0 Å². The summed E-state index contributed by atoms with van der Waals surface area (Å²) in [5.74, 6) is 0.372. The van der Waals surface area contributed by atoms with E-state index in [9.17, 15) is 0 Å². The number of nitrogens with zero attached hydrogens (tertiary/aromatic N) is 3. The number of anilines is 1. The van der Waals surface area contributed by atoms with Crippen LogP contribution >= 0.6 is 22.9 Å². The number of alkyl halides is 1. The lowest BCUT2D eigenvalue weighted by Gasteiger charge is -2.12. The summed E-state index contributed by atoms with van der Waals surface area (Å²) in [5.41, 5.74) is 3.66. The predicted molar refractivity (Wildman–Crippen MR) is 65.0 cm³/mol. The van der Waals surface area contributed by atoms with Crippen LogP contribution in [0.4, 0.5) is 6.01 Å². The summed E-state index contributed by atoms with van der Waals surface area (Å²) < 4.78 is 5.32. The summed E-state index contributed by atoms with van der Waals surface area (Å²) in [7, 11) is 1.93. The van der Waals surface area contributed by atoms with Gasteiger partial charge in [-0.25, -0.2) is 4.98 Å². The van der Waals surface area contributed by atoms with Gasteiger partial charge in [0.05, 0.1) is 29.3 Å². The fraction of sp³-hybridized carbons (Fsp3) is 0.400. The van der Waals surface area contributed by atoms with E-state index in [1.807, 2.05) is 24.4 Å². The summed E-state index contributed by atoms with van der Waals surface area (Å²) in [6.07, 6.45) is 1.58. The maximum Gasteiger partial charge on any atom is 0.297 e. The third-order valence-corrected chi connectivity index (χ3v) is 3.42. The molecule has 0 N–H and O–H groups in total. The van der Waals surface area contributed by atoms with Crippen LogP contribution in [0.25, 0.3) is 0 Å². The molecule has 86 valence electrons. The highest BCUT2D eigenvalue weighted by Crippen LogP contribution is 2.19. The van der Waals surface area contributed by atoms with Crippen LogP contribution in [0.3, 0.4) is 0 Å². The fourth-order valence-electron chi connectivity index (χ4n) is 1.29. The zero-order chi connectivity index (χ0) is 11.5. The summed E-state index contributed by atoms with van der Waals surface area (Å²) in [5, 5.41) is 0.